The van der Waals surface area contributed by atoms with Crippen molar-refractivity contribution in [2.75, 3.05) is 25.1 Å². The third kappa shape index (κ3) is 2.51. The fourth-order valence-electron chi connectivity index (χ4n) is 1.87. The van der Waals surface area contributed by atoms with E-state index in [1.54, 1.807) is 0 Å². The van der Waals surface area contributed by atoms with E-state index in [0.29, 0.717) is 0 Å². The highest BCUT2D eigenvalue weighted by atomic mass is 79.9. The fourth-order valence-corrected chi connectivity index (χ4v) is 2.47. The summed E-state index contributed by atoms with van der Waals surface area (Å²) in [6.07, 6.45) is 1.03. The number of anilines is 1. The predicted molar refractivity (Wildman–Crippen MR) is 73.6 cm³/mol. The molecule has 0 unspecified atom stereocenters. The minimum absolute atomic E-state index is 0.786. The molecule has 0 atom stereocenters. The number of hydrogen-bond acceptors (Lipinski definition) is 2. The van der Waals surface area contributed by atoms with Gasteiger partial charge in [0.2, 0.25) is 0 Å². The highest BCUT2D eigenvalue weighted by Gasteiger charge is 2.19. The van der Waals surface area contributed by atoms with Crippen LogP contribution in [0.3, 0.4) is 0 Å². The zero-order valence-electron chi connectivity index (χ0n) is 10.5. The van der Waals surface area contributed by atoms with Crippen LogP contribution in [-0.4, -0.2) is 20.2 Å². The molecule has 1 aromatic carbocycles. The Labute approximate surface area is 107 Å². The Morgan fingerprint density at radius 1 is 1.38 bits per heavy atom. The molecular weight excluding hydrogens is 266 g/mol. The van der Waals surface area contributed by atoms with E-state index in [9.17, 15) is 0 Å². The largest absolute Gasteiger partial charge is 0.490 e. The number of nitrogens with zero attached hydrogens (tertiary/aromatic N) is 1. The molecule has 3 heteroatoms. The molecule has 1 heterocycles. The first kappa shape index (κ1) is 13.4. The quantitative estimate of drug-likeness (QED) is 0.777. The lowest BCUT2D eigenvalue weighted by Crippen LogP contribution is -2.29. The predicted octanol–water partition coefficient (Wildman–Crippen LogP) is 3.87. The topological polar surface area (TPSA) is 12.5 Å². The van der Waals surface area contributed by atoms with E-state index in [2.05, 4.69) is 40.9 Å². The van der Waals surface area contributed by atoms with Gasteiger partial charge in [-0.15, -0.1) is 0 Å². The summed E-state index contributed by atoms with van der Waals surface area (Å²) in [6, 6.07) is 4.10. The van der Waals surface area contributed by atoms with Gasteiger partial charge in [-0.05, 0) is 24.1 Å². The molecule has 2 rings (SSSR count). The van der Waals surface area contributed by atoms with Gasteiger partial charge in [-0.1, -0.05) is 36.7 Å². The van der Waals surface area contributed by atoms with Crippen molar-refractivity contribution in [2.45, 2.75) is 27.2 Å². The van der Waals surface area contributed by atoms with E-state index < -0.39 is 0 Å². The number of likely N-dealkylation sites (N-methyl/N-ethyl adjacent to an activating group) is 1. The van der Waals surface area contributed by atoms with E-state index in [4.69, 9.17) is 4.74 Å². The molecule has 0 saturated carbocycles. The molecule has 1 aliphatic heterocycles. The molecule has 0 spiro atoms. The Bertz CT molecular complexity index is 352. The van der Waals surface area contributed by atoms with E-state index in [-0.39, 0.29) is 0 Å². The van der Waals surface area contributed by atoms with Crippen LogP contribution in [0, 0.1) is 0 Å². The summed E-state index contributed by atoms with van der Waals surface area (Å²) < 4.78 is 6.81. The molecule has 90 valence electrons. The lowest BCUT2D eigenvalue weighted by atomic mass is 10.1. The first-order chi connectivity index (χ1) is 7.74. The molecule has 0 aliphatic carbocycles. The molecule has 0 aromatic heterocycles. The van der Waals surface area contributed by atoms with Crippen molar-refractivity contribution < 1.29 is 4.74 Å². The molecule has 1 aliphatic rings. The third-order valence-corrected chi connectivity index (χ3v) is 3.35. The van der Waals surface area contributed by atoms with Gasteiger partial charge in [0, 0.05) is 11.5 Å². The Morgan fingerprint density at radius 2 is 2.06 bits per heavy atom. The van der Waals surface area contributed by atoms with Crippen molar-refractivity contribution in [3.63, 3.8) is 0 Å². The summed E-state index contributed by atoms with van der Waals surface area (Å²) in [6.45, 7) is 7.92. The second-order valence-corrected chi connectivity index (χ2v) is 4.35. The van der Waals surface area contributed by atoms with E-state index >= 15 is 0 Å². The second-order valence-electron chi connectivity index (χ2n) is 3.50. The maximum absolute atomic E-state index is 5.63. The van der Waals surface area contributed by atoms with Gasteiger partial charge in [0.1, 0.15) is 12.4 Å². The average molecular weight is 286 g/mol. The van der Waals surface area contributed by atoms with Gasteiger partial charge in [0.05, 0.1) is 12.2 Å². The van der Waals surface area contributed by atoms with Crippen LogP contribution in [0.4, 0.5) is 5.69 Å². The highest BCUT2D eigenvalue weighted by molar-refractivity contribution is 9.10. The molecule has 0 N–H and O–H groups in total. The Morgan fingerprint density at radius 3 is 2.69 bits per heavy atom. The molecule has 2 nitrogen and oxygen atoms in total. The Balaban J connectivity index is 0.000000606. The second kappa shape index (κ2) is 6.14. The SMILES string of the molecule is CC.CCc1c(Br)ccc2c1N(C)CCO2. The maximum atomic E-state index is 5.63. The van der Waals surface area contributed by atoms with Crippen LogP contribution in [-0.2, 0) is 6.42 Å². The molecule has 0 bridgehead atoms. The van der Waals surface area contributed by atoms with Crippen LogP contribution >= 0.6 is 15.9 Å². The standard InChI is InChI=1S/C11H14BrNO.C2H6/c1-3-8-9(12)4-5-10-11(8)13(2)6-7-14-10;1-2/h4-5H,3,6-7H2,1-2H3;1-2H3. The van der Waals surface area contributed by atoms with E-state index in [1.165, 1.54) is 15.7 Å². The molecule has 0 radical (unpaired) electrons. The Hall–Kier alpha value is -0.700. The molecule has 0 fully saturated rings. The zero-order valence-corrected chi connectivity index (χ0v) is 12.1. The maximum Gasteiger partial charge on any atom is 0.143 e. The number of hydrogen-bond donors (Lipinski definition) is 0. The molecule has 16 heavy (non-hydrogen) atoms. The van der Waals surface area contributed by atoms with Gasteiger partial charge in [-0.3, -0.25) is 0 Å². The van der Waals surface area contributed by atoms with Gasteiger partial charge in [-0.2, -0.15) is 0 Å². The van der Waals surface area contributed by atoms with Crippen LogP contribution in [0.2, 0.25) is 0 Å². The normalized spacial score (nSPS) is 13.4. The summed E-state index contributed by atoms with van der Waals surface area (Å²) in [5.74, 6) is 1.01. The number of halogens is 1. The van der Waals surface area contributed by atoms with Gasteiger partial charge in [-0.25, -0.2) is 0 Å². The minimum Gasteiger partial charge on any atom is -0.490 e. The summed E-state index contributed by atoms with van der Waals surface area (Å²) in [5, 5.41) is 0. The fraction of sp³-hybridized carbons (Fsp3) is 0.538. The third-order valence-electron chi connectivity index (χ3n) is 2.61. The van der Waals surface area contributed by atoms with Crippen LogP contribution in [0.25, 0.3) is 0 Å². The number of rotatable bonds is 1. The first-order valence-corrected chi connectivity index (χ1v) is 6.68. The van der Waals surface area contributed by atoms with Crippen molar-refractivity contribution in [1.29, 1.82) is 0 Å². The summed E-state index contributed by atoms with van der Waals surface area (Å²) in [5.41, 5.74) is 2.58. The average Bonchev–Trinajstić information content (AvgIpc) is 2.33. The van der Waals surface area contributed by atoms with Crippen LogP contribution < -0.4 is 9.64 Å². The first-order valence-electron chi connectivity index (χ1n) is 5.89. The van der Waals surface area contributed by atoms with Crippen molar-refractivity contribution in [3.8, 4) is 5.75 Å². The van der Waals surface area contributed by atoms with Gasteiger partial charge in [0.25, 0.3) is 0 Å². The monoisotopic (exact) mass is 285 g/mol. The molecular formula is C13H20BrNO. The Kier molecular flexibility index (Phi) is 5.13. The molecule has 0 saturated heterocycles. The summed E-state index contributed by atoms with van der Waals surface area (Å²) >= 11 is 3.58. The highest BCUT2D eigenvalue weighted by Crippen LogP contribution is 2.38. The van der Waals surface area contributed by atoms with Crippen molar-refractivity contribution in [3.05, 3.63) is 22.2 Å². The number of fused-ring (bicyclic) bond motifs is 1. The van der Waals surface area contributed by atoms with Crippen molar-refractivity contribution in [2.24, 2.45) is 0 Å². The van der Waals surface area contributed by atoms with Crippen LogP contribution in [0.1, 0.15) is 26.3 Å². The lowest BCUT2D eigenvalue weighted by Gasteiger charge is -2.30. The molecule has 1 aromatic rings. The van der Waals surface area contributed by atoms with E-state index in [0.717, 1.165) is 25.3 Å². The van der Waals surface area contributed by atoms with Crippen molar-refractivity contribution >= 4 is 21.6 Å². The molecule has 0 amide bonds. The van der Waals surface area contributed by atoms with Gasteiger partial charge >= 0.3 is 0 Å². The zero-order chi connectivity index (χ0) is 12.1. The summed E-state index contributed by atoms with van der Waals surface area (Å²) in [4.78, 5) is 2.27. The van der Waals surface area contributed by atoms with Gasteiger partial charge < -0.3 is 9.64 Å². The number of benzene rings is 1. The van der Waals surface area contributed by atoms with Crippen molar-refractivity contribution in [1.82, 2.24) is 0 Å². The summed E-state index contributed by atoms with van der Waals surface area (Å²) in [7, 11) is 2.12. The number of ether oxygens (including phenoxy) is 1. The minimum atomic E-state index is 0.786. The smallest absolute Gasteiger partial charge is 0.143 e. The van der Waals surface area contributed by atoms with Gasteiger partial charge in [0.15, 0.2) is 0 Å². The lowest BCUT2D eigenvalue weighted by molar-refractivity contribution is 0.310. The van der Waals surface area contributed by atoms with E-state index in [1.807, 2.05) is 19.9 Å². The van der Waals surface area contributed by atoms with Crippen LogP contribution in [0.15, 0.2) is 16.6 Å². The van der Waals surface area contributed by atoms with Crippen LogP contribution in [0.5, 0.6) is 5.75 Å².